The summed E-state index contributed by atoms with van der Waals surface area (Å²) in [5, 5.41) is 11.6. The molecular weight excluding hydrogens is 180 g/mol. The van der Waals surface area contributed by atoms with Crippen molar-refractivity contribution in [2.75, 3.05) is 20.2 Å². The van der Waals surface area contributed by atoms with Gasteiger partial charge in [-0.25, -0.2) is 0 Å². The van der Waals surface area contributed by atoms with Gasteiger partial charge in [-0.3, -0.25) is 9.69 Å². The highest BCUT2D eigenvalue weighted by Gasteiger charge is 2.20. The number of amides is 1. The molecule has 0 fully saturated rings. The molecule has 2 atom stereocenters. The van der Waals surface area contributed by atoms with Crippen molar-refractivity contribution in [2.24, 2.45) is 0 Å². The molecule has 82 valence electrons. The van der Waals surface area contributed by atoms with Crippen LogP contribution in [0.25, 0.3) is 0 Å². The second-order valence-electron chi connectivity index (χ2n) is 3.41. The van der Waals surface area contributed by atoms with Crippen LogP contribution in [0.15, 0.2) is 12.7 Å². The van der Waals surface area contributed by atoms with Gasteiger partial charge in [-0.1, -0.05) is 6.08 Å². The zero-order valence-electron chi connectivity index (χ0n) is 9.16. The van der Waals surface area contributed by atoms with E-state index in [1.165, 1.54) is 0 Å². The normalized spacial score (nSPS) is 14.9. The largest absolute Gasteiger partial charge is 0.395 e. The third-order valence-electron chi connectivity index (χ3n) is 2.37. The number of nitrogens with one attached hydrogen (secondary N) is 1. The molecule has 2 unspecified atom stereocenters. The standard InChI is InChI=1S/C10H20N2O2/c1-5-6-11-10(14)9(3)12(4)8(2)7-13/h5,8-9,13H,1,6-7H2,2-4H3,(H,11,14). The highest BCUT2D eigenvalue weighted by atomic mass is 16.3. The topological polar surface area (TPSA) is 52.6 Å². The van der Waals surface area contributed by atoms with E-state index in [0.717, 1.165) is 0 Å². The average molecular weight is 200 g/mol. The Morgan fingerprint density at radius 2 is 2.21 bits per heavy atom. The first-order chi connectivity index (χ1) is 6.54. The van der Waals surface area contributed by atoms with Gasteiger partial charge in [0.2, 0.25) is 5.91 Å². The van der Waals surface area contributed by atoms with Crippen LogP contribution in [-0.4, -0.2) is 48.2 Å². The third-order valence-corrected chi connectivity index (χ3v) is 2.37. The van der Waals surface area contributed by atoms with E-state index < -0.39 is 0 Å². The van der Waals surface area contributed by atoms with Crippen molar-refractivity contribution in [3.05, 3.63) is 12.7 Å². The fourth-order valence-corrected chi connectivity index (χ4v) is 1.02. The van der Waals surface area contributed by atoms with Gasteiger partial charge in [0.15, 0.2) is 0 Å². The number of carbonyl (C=O) groups excluding carboxylic acids is 1. The predicted octanol–water partition coefficient (Wildman–Crippen LogP) is -0.0103. The van der Waals surface area contributed by atoms with Gasteiger partial charge >= 0.3 is 0 Å². The number of hydrogen-bond donors (Lipinski definition) is 2. The van der Waals surface area contributed by atoms with Crippen LogP contribution < -0.4 is 5.32 Å². The quantitative estimate of drug-likeness (QED) is 0.593. The summed E-state index contributed by atoms with van der Waals surface area (Å²) in [7, 11) is 1.82. The van der Waals surface area contributed by atoms with Crippen LogP contribution in [0.4, 0.5) is 0 Å². The molecule has 2 N–H and O–H groups in total. The Morgan fingerprint density at radius 3 is 2.64 bits per heavy atom. The van der Waals surface area contributed by atoms with Crippen molar-refractivity contribution in [1.82, 2.24) is 10.2 Å². The first-order valence-electron chi connectivity index (χ1n) is 4.76. The van der Waals surface area contributed by atoms with Crippen LogP contribution in [-0.2, 0) is 4.79 Å². The number of likely N-dealkylation sites (N-methyl/N-ethyl adjacent to an activating group) is 1. The van der Waals surface area contributed by atoms with E-state index in [4.69, 9.17) is 5.11 Å². The van der Waals surface area contributed by atoms with Crippen LogP contribution in [0.5, 0.6) is 0 Å². The van der Waals surface area contributed by atoms with E-state index in [0.29, 0.717) is 6.54 Å². The number of carbonyl (C=O) groups is 1. The molecule has 0 aromatic carbocycles. The van der Waals surface area contributed by atoms with Gasteiger partial charge in [-0.05, 0) is 20.9 Å². The fraction of sp³-hybridized carbons (Fsp3) is 0.700. The first-order valence-corrected chi connectivity index (χ1v) is 4.76. The van der Waals surface area contributed by atoms with Gasteiger partial charge in [0.1, 0.15) is 0 Å². The molecule has 4 nitrogen and oxygen atoms in total. The molecule has 0 rings (SSSR count). The molecule has 0 heterocycles. The molecule has 0 aliphatic carbocycles. The minimum absolute atomic E-state index is 0.0144. The summed E-state index contributed by atoms with van der Waals surface area (Å²) in [6.45, 7) is 7.73. The molecule has 0 aromatic heterocycles. The third kappa shape index (κ3) is 3.89. The summed E-state index contributed by atoms with van der Waals surface area (Å²) in [6.07, 6.45) is 1.64. The molecule has 0 saturated heterocycles. The summed E-state index contributed by atoms with van der Waals surface area (Å²) in [6, 6.07) is -0.253. The predicted molar refractivity (Wildman–Crippen MR) is 57.0 cm³/mol. The molecule has 4 heteroatoms. The van der Waals surface area contributed by atoms with E-state index in [1.54, 1.807) is 6.08 Å². The monoisotopic (exact) mass is 200 g/mol. The van der Waals surface area contributed by atoms with Gasteiger partial charge in [0.05, 0.1) is 12.6 Å². The molecule has 0 aliphatic rings. The number of nitrogens with zero attached hydrogens (tertiary/aromatic N) is 1. The second-order valence-corrected chi connectivity index (χ2v) is 3.41. The SMILES string of the molecule is C=CCNC(=O)C(C)N(C)C(C)CO. The smallest absolute Gasteiger partial charge is 0.237 e. The van der Waals surface area contributed by atoms with Crippen molar-refractivity contribution >= 4 is 5.91 Å². The van der Waals surface area contributed by atoms with Gasteiger partial charge < -0.3 is 10.4 Å². The summed E-state index contributed by atoms with van der Waals surface area (Å²) >= 11 is 0. The highest BCUT2D eigenvalue weighted by Crippen LogP contribution is 2.01. The summed E-state index contributed by atoms with van der Waals surface area (Å²) < 4.78 is 0. The second kappa shape index (κ2) is 6.56. The number of rotatable bonds is 6. The van der Waals surface area contributed by atoms with E-state index in [-0.39, 0.29) is 24.6 Å². The van der Waals surface area contributed by atoms with Gasteiger partial charge in [-0.2, -0.15) is 0 Å². The lowest BCUT2D eigenvalue weighted by molar-refractivity contribution is -0.126. The van der Waals surface area contributed by atoms with Crippen LogP contribution in [0, 0.1) is 0 Å². The lowest BCUT2D eigenvalue weighted by Gasteiger charge is -2.28. The Hall–Kier alpha value is -0.870. The molecule has 0 radical (unpaired) electrons. The highest BCUT2D eigenvalue weighted by molar-refractivity contribution is 5.81. The van der Waals surface area contributed by atoms with Gasteiger partial charge in [0, 0.05) is 12.6 Å². The molecule has 0 aliphatic heterocycles. The Morgan fingerprint density at radius 1 is 1.64 bits per heavy atom. The van der Waals surface area contributed by atoms with Crippen LogP contribution in [0.2, 0.25) is 0 Å². The van der Waals surface area contributed by atoms with Crippen molar-refractivity contribution in [3.63, 3.8) is 0 Å². The van der Waals surface area contributed by atoms with Gasteiger partial charge in [-0.15, -0.1) is 6.58 Å². The molecule has 14 heavy (non-hydrogen) atoms. The molecule has 1 amide bonds. The maximum absolute atomic E-state index is 11.5. The summed E-state index contributed by atoms with van der Waals surface area (Å²) in [5.74, 6) is -0.0484. The molecule has 0 spiro atoms. The minimum Gasteiger partial charge on any atom is -0.395 e. The summed E-state index contributed by atoms with van der Waals surface area (Å²) in [4.78, 5) is 13.3. The maximum atomic E-state index is 11.5. The number of aliphatic hydroxyl groups is 1. The van der Waals surface area contributed by atoms with Crippen LogP contribution in [0.3, 0.4) is 0 Å². The summed E-state index contributed by atoms with van der Waals surface area (Å²) in [5.41, 5.74) is 0. The van der Waals surface area contributed by atoms with E-state index >= 15 is 0 Å². The fourth-order valence-electron chi connectivity index (χ4n) is 1.02. The first kappa shape index (κ1) is 13.1. The Labute approximate surface area is 85.6 Å². The zero-order valence-corrected chi connectivity index (χ0v) is 9.16. The van der Waals surface area contributed by atoms with E-state index in [2.05, 4.69) is 11.9 Å². The molecule has 0 bridgehead atoms. The average Bonchev–Trinajstić information content (AvgIpc) is 2.22. The van der Waals surface area contributed by atoms with Crippen LogP contribution >= 0.6 is 0 Å². The maximum Gasteiger partial charge on any atom is 0.237 e. The van der Waals surface area contributed by atoms with Crippen molar-refractivity contribution in [2.45, 2.75) is 25.9 Å². The van der Waals surface area contributed by atoms with Crippen molar-refractivity contribution in [1.29, 1.82) is 0 Å². The minimum atomic E-state index is -0.239. The number of hydrogen-bond acceptors (Lipinski definition) is 3. The Balaban J connectivity index is 4.09. The van der Waals surface area contributed by atoms with E-state index in [1.807, 2.05) is 25.8 Å². The molecular formula is C10H20N2O2. The Bertz CT molecular complexity index is 195. The molecule has 0 saturated carbocycles. The van der Waals surface area contributed by atoms with Crippen molar-refractivity contribution < 1.29 is 9.90 Å². The van der Waals surface area contributed by atoms with Crippen LogP contribution in [0.1, 0.15) is 13.8 Å². The molecule has 0 aromatic rings. The Kier molecular flexibility index (Phi) is 6.16. The lowest BCUT2D eigenvalue weighted by atomic mass is 10.2. The van der Waals surface area contributed by atoms with Gasteiger partial charge in [0.25, 0.3) is 0 Å². The lowest BCUT2D eigenvalue weighted by Crippen LogP contribution is -2.47. The van der Waals surface area contributed by atoms with Crippen molar-refractivity contribution in [3.8, 4) is 0 Å². The van der Waals surface area contributed by atoms with E-state index in [9.17, 15) is 4.79 Å². The number of aliphatic hydroxyl groups excluding tert-OH is 1. The zero-order chi connectivity index (χ0) is 11.1.